The summed E-state index contributed by atoms with van der Waals surface area (Å²) in [6.45, 7) is 3.88. The fourth-order valence-electron chi connectivity index (χ4n) is 2.79. The number of aromatic nitrogens is 3. The maximum absolute atomic E-state index is 13.1. The number of anilines is 1. The average Bonchev–Trinajstić information content (AvgIpc) is 3.05. The minimum atomic E-state index is -0.313. The quantitative estimate of drug-likeness (QED) is 0.588. The monoisotopic (exact) mass is 360 g/mol. The topological polar surface area (TPSA) is 59.8 Å². The first-order chi connectivity index (χ1) is 13.0. The van der Waals surface area contributed by atoms with Gasteiger partial charge in [0, 0.05) is 11.3 Å². The molecule has 0 atom stereocenters. The lowest BCUT2D eigenvalue weighted by atomic mass is 10.1. The molecule has 4 rings (SSSR count). The molecule has 3 aromatic carbocycles. The highest BCUT2D eigenvalue weighted by Gasteiger charge is 2.12. The third-order valence-electron chi connectivity index (χ3n) is 4.35. The van der Waals surface area contributed by atoms with E-state index in [9.17, 15) is 9.18 Å². The molecule has 0 saturated carbocycles. The Hall–Kier alpha value is -3.54. The molecule has 0 unspecified atom stereocenters. The van der Waals surface area contributed by atoms with Crippen molar-refractivity contribution in [2.24, 2.45) is 0 Å². The molecule has 4 aromatic rings. The van der Waals surface area contributed by atoms with Gasteiger partial charge in [-0.3, -0.25) is 4.79 Å². The predicted octanol–water partition coefficient (Wildman–Crippen LogP) is 4.43. The van der Waals surface area contributed by atoms with Crippen LogP contribution in [0.5, 0.6) is 0 Å². The smallest absolute Gasteiger partial charge is 0.255 e. The van der Waals surface area contributed by atoms with Gasteiger partial charge < -0.3 is 5.32 Å². The second-order valence-corrected chi connectivity index (χ2v) is 6.44. The summed E-state index contributed by atoms with van der Waals surface area (Å²) < 4.78 is 13.1. The highest BCUT2D eigenvalue weighted by molar-refractivity contribution is 6.05. The van der Waals surface area contributed by atoms with Crippen LogP contribution in [0.3, 0.4) is 0 Å². The number of benzene rings is 3. The van der Waals surface area contributed by atoms with E-state index in [1.165, 1.54) is 16.9 Å². The second-order valence-electron chi connectivity index (χ2n) is 6.44. The Morgan fingerprint density at radius 2 is 1.56 bits per heavy atom. The van der Waals surface area contributed by atoms with Crippen molar-refractivity contribution in [3.63, 3.8) is 0 Å². The summed E-state index contributed by atoms with van der Waals surface area (Å²) >= 11 is 0. The molecular formula is C21H17FN4O. The van der Waals surface area contributed by atoms with Crippen molar-refractivity contribution < 1.29 is 9.18 Å². The highest BCUT2D eigenvalue weighted by atomic mass is 19.1. The largest absolute Gasteiger partial charge is 0.322 e. The molecule has 0 aliphatic rings. The molecule has 27 heavy (non-hydrogen) atoms. The SMILES string of the molecule is Cc1ccc(C(=O)Nc2cc3nn(-c4ccc(F)cc4)nc3cc2C)cc1. The zero-order chi connectivity index (χ0) is 19.0. The zero-order valence-electron chi connectivity index (χ0n) is 14.9. The Morgan fingerprint density at radius 1 is 0.926 bits per heavy atom. The van der Waals surface area contributed by atoms with Crippen LogP contribution in [0, 0.1) is 19.7 Å². The normalized spacial score (nSPS) is 10.9. The van der Waals surface area contributed by atoms with E-state index in [-0.39, 0.29) is 11.7 Å². The van der Waals surface area contributed by atoms with Gasteiger partial charge in [0.2, 0.25) is 0 Å². The summed E-state index contributed by atoms with van der Waals surface area (Å²) in [6, 6.07) is 17.0. The first-order valence-corrected chi connectivity index (χ1v) is 8.51. The van der Waals surface area contributed by atoms with Gasteiger partial charge in [-0.1, -0.05) is 17.7 Å². The van der Waals surface area contributed by atoms with Crippen LogP contribution in [0.25, 0.3) is 16.7 Å². The third kappa shape index (κ3) is 3.42. The van der Waals surface area contributed by atoms with Crippen LogP contribution in [-0.2, 0) is 0 Å². The Kier molecular flexibility index (Phi) is 4.16. The van der Waals surface area contributed by atoms with Crippen LogP contribution in [-0.4, -0.2) is 20.9 Å². The predicted molar refractivity (Wildman–Crippen MR) is 103 cm³/mol. The number of hydrogen-bond donors (Lipinski definition) is 1. The Morgan fingerprint density at radius 3 is 2.22 bits per heavy atom. The van der Waals surface area contributed by atoms with E-state index in [1.807, 2.05) is 32.0 Å². The summed E-state index contributed by atoms with van der Waals surface area (Å²) in [6.07, 6.45) is 0. The minimum absolute atomic E-state index is 0.177. The lowest BCUT2D eigenvalue weighted by molar-refractivity contribution is 0.102. The summed E-state index contributed by atoms with van der Waals surface area (Å²) in [5.41, 5.74) is 5.26. The van der Waals surface area contributed by atoms with E-state index in [2.05, 4.69) is 15.5 Å². The van der Waals surface area contributed by atoms with Gasteiger partial charge in [0.1, 0.15) is 16.9 Å². The standard InChI is InChI=1S/C21H17FN4O/c1-13-3-5-15(6-4-13)21(27)23-18-12-20-19(11-14(18)2)24-26(25-20)17-9-7-16(22)8-10-17/h3-12H,1-2H3,(H,23,27). The van der Waals surface area contributed by atoms with Crippen molar-refractivity contribution in [3.05, 3.63) is 83.2 Å². The number of nitrogens with zero attached hydrogens (tertiary/aromatic N) is 3. The Bertz CT molecular complexity index is 1130. The van der Waals surface area contributed by atoms with Crippen LogP contribution < -0.4 is 5.32 Å². The second kappa shape index (κ2) is 6.64. The number of amides is 1. The molecule has 1 heterocycles. The molecule has 0 radical (unpaired) electrons. The fourth-order valence-corrected chi connectivity index (χ4v) is 2.79. The summed E-state index contributed by atoms with van der Waals surface area (Å²) in [5, 5.41) is 11.8. The molecule has 1 aromatic heterocycles. The number of halogens is 1. The van der Waals surface area contributed by atoms with Crippen molar-refractivity contribution in [2.45, 2.75) is 13.8 Å². The number of rotatable bonds is 3. The van der Waals surface area contributed by atoms with Crippen molar-refractivity contribution in [2.75, 3.05) is 5.32 Å². The summed E-state index contributed by atoms with van der Waals surface area (Å²) in [7, 11) is 0. The lowest BCUT2D eigenvalue weighted by Gasteiger charge is -2.08. The van der Waals surface area contributed by atoms with Gasteiger partial charge in [0.25, 0.3) is 5.91 Å². The molecule has 0 bridgehead atoms. The fraction of sp³-hybridized carbons (Fsp3) is 0.0952. The lowest BCUT2D eigenvalue weighted by Crippen LogP contribution is -2.12. The molecule has 0 aliphatic carbocycles. The van der Waals surface area contributed by atoms with E-state index in [0.717, 1.165) is 11.1 Å². The number of nitrogens with one attached hydrogen (secondary N) is 1. The van der Waals surface area contributed by atoms with Gasteiger partial charge in [-0.05, 0) is 67.9 Å². The van der Waals surface area contributed by atoms with Gasteiger partial charge in [0.15, 0.2) is 0 Å². The molecular weight excluding hydrogens is 343 g/mol. The molecule has 0 spiro atoms. The van der Waals surface area contributed by atoms with E-state index in [0.29, 0.717) is 28.0 Å². The minimum Gasteiger partial charge on any atom is -0.322 e. The van der Waals surface area contributed by atoms with Gasteiger partial charge in [-0.15, -0.1) is 10.2 Å². The van der Waals surface area contributed by atoms with Crippen LogP contribution in [0.1, 0.15) is 21.5 Å². The van der Waals surface area contributed by atoms with Gasteiger partial charge in [-0.2, -0.15) is 4.80 Å². The third-order valence-corrected chi connectivity index (χ3v) is 4.35. The van der Waals surface area contributed by atoms with E-state index >= 15 is 0 Å². The average molecular weight is 360 g/mol. The molecule has 6 heteroatoms. The van der Waals surface area contributed by atoms with Crippen molar-refractivity contribution in [1.82, 2.24) is 15.0 Å². The van der Waals surface area contributed by atoms with Crippen molar-refractivity contribution in [3.8, 4) is 5.69 Å². The number of hydrogen-bond acceptors (Lipinski definition) is 3. The summed E-state index contributed by atoms with van der Waals surface area (Å²) in [4.78, 5) is 13.9. The Balaban J connectivity index is 1.65. The van der Waals surface area contributed by atoms with Gasteiger partial charge >= 0.3 is 0 Å². The maximum Gasteiger partial charge on any atom is 0.255 e. The van der Waals surface area contributed by atoms with Crippen molar-refractivity contribution in [1.29, 1.82) is 0 Å². The van der Waals surface area contributed by atoms with Crippen LogP contribution in [0.4, 0.5) is 10.1 Å². The summed E-state index contributed by atoms with van der Waals surface area (Å²) in [5.74, 6) is -0.490. The van der Waals surface area contributed by atoms with E-state index in [1.54, 1.807) is 30.3 Å². The van der Waals surface area contributed by atoms with Crippen LogP contribution in [0.2, 0.25) is 0 Å². The van der Waals surface area contributed by atoms with Gasteiger partial charge in [-0.25, -0.2) is 4.39 Å². The molecule has 5 nitrogen and oxygen atoms in total. The number of aryl methyl sites for hydroxylation is 2. The first kappa shape index (κ1) is 16.9. The van der Waals surface area contributed by atoms with E-state index in [4.69, 9.17) is 0 Å². The number of fused-ring (bicyclic) bond motifs is 1. The molecule has 134 valence electrons. The molecule has 0 saturated heterocycles. The molecule has 1 amide bonds. The van der Waals surface area contributed by atoms with Gasteiger partial charge in [0.05, 0.1) is 5.69 Å². The molecule has 1 N–H and O–H groups in total. The van der Waals surface area contributed by atoms with Crippen LogP contribution in [0.15, 0.2) is 60.7 Å². The maximum atomic E-state index is 13.1. The number of carbonyl (C=O) groups is 1. The van der Waals surface area contributed by atoms with Crippen molar-refractivity contribution >= 4 is 22.6 Å². The Labute approximate surface area is 155 Å². The number of carbonyl (C=O) groups excluding carboxylic acids is 1. The van der Waals surface area contributed by atoms with Crippen LogP contribution >= 0.6 is 0 Å². The highest BCUT2D eigenvalue weighted by Crippen LogP contribution is 2.23. The zero-order valence-corrected chi connectivity index (χ0v) is 14.9. The first-order valence-electron chi connectivity index (χ1n) is 8.51. The molecule has 0 aliphatic heterocycles. The van der Waals surface area contributed by atoms with E-state index < -0.39 is 0 Å². The molecule has 0 fully saturated rings.